The van der Waals surface area contributed by atoms with E-state index < -0.39 is 48.7 Å². The summed E-state index contributed by atoms with van der Waals surface area (Å²) in [5, 5.41) is 15.9. The van der Waals surface area contributed by atoms with Crippen LogP contribution in [0.4, 0.5) is 5.69 Å². The number of ether oxygens (including phenoxy) is 3. The molecule has 1 saturated heterocycles. The highest BCUT2D eigenvalue weighted by atomic mass is 16.7. The van der Waals surface area contributed by atoms with E-state index in [1.165, 1.54) is 0 Å². The molecule has 236 valence electrons. The molecule has 2 amide bonds. The van der Waals surface area contributed by atoms with Crippen molar-refractivity contribution in [2.24, 2.45) is 11.8 Å². The third-order valence-electron chi connectivity index (χ3n) is 8.64. The van der Waals surface area contributed by atoms with E-state index in [0.29, 0.717) is 42.9 Å². The highest BCUT2D eigenvalue weighted by Crippen LogP contribution is 2.52. The average molecular weight is 592 g/mol. The summed E-state index contributed by atoms with van der Waals surface area (Å²) < 4.78 is 29.5. The Labute approximate surface area is 251 Å². The van der Waals surface area contributed by atoms with Crippen molar-refractivity contribution in [1.82, 2.24) is 10.6 Å². The first-order valence-corrected chi connectivity index (χ1v) is 14.7. The SMILES string of the molecule is COc1c2c(c(N(C)C)c(OC)c1OC)CC(C(=O)N[C@@H](CO)C(=O)N[C@@H](CC(C)C)B1OC(C)(C)C(C)(C)O1)CC2. The van der Waals surface area contributed by atoms with E-state index in [4.69, 9.17) is 23.5 Å². The van der Waals surface area contributed by atoms with Gasteiger partial charge in [-0.15, -0.1) is 0 Å². The van der Waals surface area contributed by atoms with Crippen molar-refractivity contribution in [3.05, 3.63) is 11.1 Å². The Balaban J connectivity index is 1.80. The lowest BCUT2D eigenvalue weighted by Gasteiger charge is -2.32. The molecule has 11 nitrogen and oxygen atoms in total. The van der Waals surface area contributed by atoms with Crippen LogP contribution in [0.2, 0.25) is 0 Å². The summed E-state index contributed by atoms with van der Waals surface area (Å²) in [4.78, 5) is 28.9. The highest BCUT2D eigenvalue weighted by molar-refractivity contribution is 6.48. The summed E-state index contributed by atoms with van der Waals surface area (Å²) in [6.07, 6.45) is 2.14. The molecule has 1 unspecified atom stereocenters. The van der Waals surface area contributed by atoms with Gasteiger partial charge in [-0.25, -0.2) is 0 Å². The zero-order valence-corrected chi connectivity index (χ0v) is 27.2. The van der Waals surface area contributed by atoms with Crippen LogP contribution in [0.5, 0.6) is 17.2 Å². The molecular formula is C30H50BN3O8. The summed E-state index contributed by atoms with van der Waals surface area (Å²) in [5.41, 5.74) is 1.61. The van der Waals surface area contributed by atoms with E-state index >= 15 is 0 Å². The van der Waals surface area contributed by atoms with Crippen molar-refractivity contribution < 1.29 is 38.2 Å². The molecule has 1 aromatic carbocycles. The lowest BCUT2D eigenvalue weighted by Crippen LogP contribution is -2.56. The third-order valence-corrected chi connectivity index (χ3v) is 8.64. The van der Waals surface area contributed by atoms with Gasteiger partial charge in [0.25, 0.3) is 0 Å². The summed E-state index contributed by atoms with van der Waals surface area (Å²) in [6.45, 7) is 11.4. The Morgan fingerprint density at radius 2 is 1.55 bits per heavy atom. The number of amides is 2. The van der Waals surface area contributed by atoms with Gasteiger partial charge in [-0.2, -0.15) is 0 Å². The first-order valence-electron chi connectivity index (χ1n) is 14.7. The Bertz CT molecular complexity index is 1120. The quantitative estimate of drug-likeness (QED) is 0.314. The number of nitrogens with zero attached hydrogens (tertiary/aromatic N) is 1. The summed E-state index contributed by atoms with van der Waals surface area (Å²) in [7, 11) is 7.90. The molecule has 42 heavy (non-hydrogen) atoms. The van der Waals surface area contributed by atoms with Crippen LogP contribution in [0.1, 0.15) is 65.5 Å². The van der Waals surface area contributed by atoms with Gasteiger partial charge < -0.3 is 44.2 Å². The third kappa shape index (κ3) is 6.76. The first kappa shape index (κ1) is 33.8. The number of methoxy groups -OCH3 is 3. The predicted octanol–water partition coefficient (Wildman–Crippen LogP) is 2.52. The second-order valence-electron chi connectivity index (χ2n) is 12.9. The van der Waals surface area contributed by atoms with E-state index in [-0.39, 0.29) is 11.8 Å². The first-order chi connectivity index (χ1) is 19.6. The van der Waals surface area contributed by atoms with Crippen molar-refractivity contribution in [1.29, 1.82) is 0 Å². The molecule has 12 heteroatoms. The Hall–Kier alpha value is -2.70. The zero-order valence-electron chi connectivity index (χ0n) is 27.2. The highest BCUT2D eigenvalue weighted by Gasteiger charge is 2.54. The molecule has 1 aromatic rings. The molecule has 1 heterocycles. The van der Waals surface area contributed by atoms with Gasteiger partial charge in [0.2, 0.25) is 17.6 Å². The minimum Gasteiger partial charge on any atom is -0.492 e. The number of nitrogens with one attached hydrogen (secondary N) is 2. The molecule has 3 rings (SSSR count). The molecule has 0 radical (unpaired) electrons. The lowest BCUT2D eigenvalue weighted by molar-refractivity contribution is -0.132. The molecule has 3 atom stereocenters. The van der Waals surface area contributed by atoms with Crippen LogP contribution < -0.4 is 29.7 Å². The van der Waals surface area contributed by atoms with Gasteiger partial charge in [-0.05, 0) is 64.9 Å². The molecule has 0 spiro atoms. The molecule has 3 N–H and O–H groups in total. The summed E-state index contributed by atoms with van der Waals surface area (Å²) >= 11 is 0. The number of benzene rings is 1. The fourth-order valence-corrected chi connectivity index (χ4v) is 5.77. The molecule has 0 saturated carbocycles. The van der Waals surface area contributed by atoms with Crippen LogP contribution >= 0.6 is 0 Å². The largest absolute Gasteiger partial charge is 0.492 e. The fraction of sp³-hybridized carbons (Fsp3) is 0.733. The number of carbonyl (C=O) groups is 2. The number of fused-ring (bicyclic) bond motifs is 1. The fourth-order valence-electron chi connectivity index (χ4n) is 5.77. The molecule has 0 aromatic heterocycles. The van der Waals surface area contributed by atoms with E-state index in [9.17, 15) is 14.7 Å². The van der Waals surface area contributed by atoms with Crippen LogP contribution in [0, 0.1) is 11.8 Å². The van der Waals surface area contributed by atoms with Crippen LogP contribution in [-0.4, -0.2) is 89.3 Å². The van der Waals surface area contributed by atoms with Crippen molar-refractivity contribution in [2.45, 2.75) is 90.4 Å². The van der Waals surface area contributed by atoms with Crippen molar-refractivity contribution in [2.75, 3.05) is 46.9 Å². The molecule has 1 aliphatic heterocycles. The Kier molecular flexibility index (Phi) is 10.7. The number of aliphatic hydroxyl groups excluding tert-OH is 1. The molecule has 2 aliphatic rings. The maximum absolute atomic E-state index is 13.5. The predicted molar refractivity (Wildman–Crippen MR) is 162 cm³/mol. The topological polar surface area (TPSA) is 128 Å². The summed E-state index contributed by atoms with van der Waals surface area (Å²) in [6, 6.07) is -1.12. The molecule has 0 bridgehead atoms. The van der Waals surface area contributed by atoms with Crippen molar-refractivity contribution in [3.63, 3.8) is 0 Å². The maximum atomic E-state index is 13.5. The van der Waals surface area contributed by atoms with Gasteiger partial charge in [0.1, 0.15) is 6.04 Å². The zero-order chi connectivity index (χ0) is 31.6. The number of rotatable bonds is 12. The minimum absolute atomic E-state index is 0.247. The number of hydrogen-bond donors (Lipinski definition) is 3. The van der Waals surface area contributed by atoms with Crippen LogP contribution in [0.3, 0.4) is 0 Å². The monoisotopic (exact) mass is 591 g/mol. The number of anilines is 1. The van der Waals surface area contributed by atoms with Gasteiger partial charge in [-0.3, -0.25) is 9.59 Å². The van der Waals surface area contributed by atoms with E-state index in [1.54, 1.807) is 21.3 Å². The molecule has 1 fully saturated rings. The van der Waals surface area contributed by atoms with Crippen LogP contribution in [-0.2, 0) is 31.7 Å². The van der Waals surface area contributed by atoms with Crippen LogP contribution in [0.25, 0.3) is 0 Å². The average Bonchev–Trinajstić information content (AvgIpc) is 3.14. The van der Waals surface area contributed by atoms with Crippen molar-refractivity contribution in [3.8, 4) is 17.2 Å². The maximum Gasteiger partial charge on any atom is 0.481 e. The van der Waals surface area contributed by atoms with Gasteiger partial charge in [-0.1, -0.05) is 13.8 Å². The standard InChI is InChI=1S/C30H50BN3O8/c1-17(2)14-22(31-41-29(3,4)30(5,6)42-31)33-28(37)21(16-35)32-27(36)18-12-13-19-20(15-18)23(34(7)8)25(39-10)26(40-11)24(19)38-9/h17-18,21-22,35H,12-16H2,1-11H3,(H,32,36)(H,33,37)/t18?,21-,22-/m0/s1. The second-order valence-corrected chi connectivity index (χ2v) is 12.9. The molecule has 1 aliphatic carbocycles. The van der Waals surface area contributed by atoms with E-state index in [1.807, 2.05) is 46.7 Å². The van der Waals surface area contributed by atoms with Gasteiger partial charge in [0, 0.05) is 25.6 Å². The normalized spacial score (nSPS) is 20.4. The number of hydrogen-bond acceptors (Lipinski definition) is 9. The van der Waals surface area contributed by atoms with E-state index in [2.05, 4.69) is 24.5 Å². The Morgan fingerprint density at radius 3 is 2.02 bits per heavy atom. The van der Waals surface area contributed by atoms with Crippen molar-refractivity contribution >= 4 is 24.6 Å². The number of carbonyl (C=O) groups excluding carboxylic acids is 2. The van der Waals surface area contributed by atoms with Gasteiger partial charge >= 0.3 is 7.12 Å². The van der Waals surface area contributed by atoms with Crippen LogP contribution in [0.15, 0.2) is 0 Å². The number of aliphatic hydroxyl groups is 1. The summed E-state index contributed by atoms with van der Waals surface area (Å²) in [5.74, 6) is 0.233. The smallest absolute Gasteiger partial charge is 0.481 e. The molecular weight excluding hydrogens is 541 g/mol. The lowest BCUT2D eigenvalue weighted by atomic mass is 9.74. The minimum atomic E-state index is -1.12. The van der Waals surface area contributed by atoms with Gasteiger partial charge in [0.15, 0.2) is 11.5 Å². The van der Waals surface area contributed by atoms with Gasteiger partial charge in [0.05, 0.1) is 50.8 Å². The second kappa shape index (κ2) is 13.3. The van der Waals surface area contributed by atoms with E-state index in [0.717, 1.165) is 16.8 Å². The Morgan fingerprint density at radius 1 is 0.976 bits per heavy atom.